The number of aromatic nitrogens is 4. The molecule has 0 unspecified atom stereocenters. The lowest BCUT2D eigenvalue weighted by Gasteiger charge is -2.34. The number of tetrazole rings is 1. The summed E-state index contributed by atoms with van der Waals surface area (Å²) in [7, 11) is 3.63. The molecule has 0 saturated heterocycles. The van der Waals surface area contributed by atoms with Gasteiger partial charge in [-0.15, -0.1) is 5.10 Å². The predicted octanol–water partition coefficient (Wildman–Crippen LogP) is -0.258. The minimum Gasteiger partial charge on any atom is -0.381 e. The maximum atomic E-state index is 5.22. The average Bonchev–Trinajstić information content (AvgIpc) is 2.52. The van der Waals surface area contributed by atoms with Crippen molar-refractivity contribution in [2.45, 2.75) is 31.5 Å². The Labute approximate surface area is 82.6 Å². The summed E-state index contributed by atoms with van der Waals surface area (Å²) in [4.78, 5) is 0. The molecule has 0 atom stereocenters. The van der Waals surface area contributed by atoms with E-state index < -0.39 is 0 Å². The minimum absolute atomic E-state index is 0.381. The molecule has 6 nitrogen and oxygen atoms in total. The summed E-state index contributed by atoms with van der Waals surface area (Å²) < 4.78 is 7.11. The third kappa shape index (κ3) is 1.62. The van der Waals surface area contributed by atoms with Crippen molar-refractivity contribution in [1.29, 1.82) is 0 Å². The highest BCUT2D eigenvalue weighted by molar-refractivity contribution is 4.90. The Morgan fingerprint density at radius 2 is 2.36 bits per heavy atom. The zero-order valence-electron chi connectivity index (χ0n) is 8.47. The molecule has 0 amide bonds. The van der Waals surface area contributed by atoms with Crippen LogP contribution in [0.4, 0.5) is 0 Å². The van der Waals surface area contributed by atoms with Crippen LogP contribution in [0.2, 0.25) is 0 Å². The van der Waals surface area contributed by atoms with E-state index in [1.54, 1.807) is 7.11 Å². The van der Waals surface area contributed by atoms with Crippen molar-refractivity contribution in [3.8, 4) is 0 Å². The van der Waals surface area contributed by atoms with Gasteiger partial charge in [0, 0.05) is 7.11 Å². The number of rotatable bonds is 4. The Kier molecular flexibility index (Phi) is 2.74. The molecule has 1 aromatic rings. The van der Waals surface area contributed by atoms with Crippen molar-refractivity contribution >= 4 is 0 Å². The lowest BCUT2D eigenvalue weighted by Crippen LogP contribution is -2.34. The third-order valence-corrected chi connectivity index (χ3v) is 2.65. The van der Waals surface area contributed by atoms with Gasteiger partial charge in [0.2, 0.25) is 0 Å². The van der Waals surface area contributed by atoms with E-state index >= 15 is 0 Å². The Balaban J connectivity index is 1.99. The highest BCUT2D eigenvalue weighted by atomic mass is 16.5. The second-order valence-electron chi connectivity index (χ2n) is 3.55. The van der Waals surface area contributed by atoms with Crippen LogP contribution >= 0.6 is 0 Å². The van der Waals surface area contributed by atoms with E-state index in [1.165, 1.54) is 0 Å². The lowest BCUT2D eigenvalue weighted by molar-refractivity contribution is 0.000976. The summed E-state index contributed by atoms with van der Waals surface area (Å²) in [6.07, 6.45) is 2.41. The van der Waals surface area contributed by atoms with Crippen LogP contribution in [0.25, 0.3) is 0 Å². The van der Waals surface area contributed by atoms with Crippen LogP contribution in [0, 0.1) is 0 Å². The first kappa shape index (κ1) is 9.54. The molecular weight excluding hydrogens is 182 g/mol. The molecule has 1 fully saturated rings. The molecular formula is C8H15N5O. The Morgan fingerprint density at radius 3 is 3.00 bits per heavy atom. The highest BCUT2D eigenvalue weighted by Gasteiger charge is 2.32. The van der Waals surface area contributed by atoms with Crippen molar-refractivity contribution in [2.24, 2.45) is 0 Å². The Morgan fingerprint density at radius 1 is 1.57 bits per heavy atom. The first-order valence-corrected chi connectivity index (χ1v) is 4.79. The van der Waals surface area contributed by atoms with Gasteiger partial charge < -0.3 is 10.1 Å². The maximum Gasteiger partial charge on any atom is 0.165 e. The van der Waals surface area contributed by atoms with E-state index in [0.29, 0.717) is 18.7 Å². The molecule has 2 rings (SSSR count). The van der Waals surface area contributed by atoms with E-state index in [1.807, 2.05) is 11.7 Å². The van der Waals surface area contributed by atoms with E-state index in [-0.39, 0.29) is 0 Å². The number of ether oxygens (including phenoxy) is 1. The molecule has 0 radical (unpaired) electrons. The molecule has 1 aliphatic carbocycles. The summed E-state index contributed by atoms with van der Waals surface area (Å²) in [5, 5.41) is 14.7. The van der Waals surface area contributed by atoms with Gasteiger partial charge in [0.15, 0.2) is 5.82 Å². The normalized spacial score (nSPS) is 26.1. The van der Waals surface area contributed by atoms with Gasteiger partial charge in [-0.25, -0.2) is 4.68 Å². The average molecular weight is 197 g/mol. The predicted molar refractivity (Wildman–Crippen MR) is 49.6 cm³/mol. The van der Waals surface area contributed by atoms with Crippen LogP contribution in [-0.4, -0.2) is 40.5 Å². The topological polar surface area (TPSA) is 64.9 Å². The second kappa shape index (κ2) is 4.02. The summed E-state index contributed by atoms with van der Waals surface area (Å²) >= 11 is 0. The Bertz CT molecular complexity index is 294. The van der Waals surface area contributed by atoms with Crippen LogP contribution in [0.3, 0.4) is 0 Å². The molecule has 1 saturated carbocycles. The Hall–Kier alpha value is -1.01. The van der Waals surface area contributed by atoms with Gasteiger partial charge in [-0.3, -0.25) is 0 Å². The smallest absolute Gasteiger partial charge is 0.165 e. The molecule has 1 N–H and O–H groups in total. The van der Waals surface area contributed by atoms with Crippen LogP contribution in [0.15, 0.2) is 0 Å². The highest BCUT2D eigenvalue weighted by Crippen LogP contribution is 2.33. The number of methoxy groups -OCH3 is 1. The fourth-order valence-corrected chi connectivity index (χ4v) is 1.70. The first-order chi connectivity index (χ1) is 6.85. The summed E-state index contributed by atoms with van der Waals surface area (Å²) in [5.41, 5.74) is 0. The minimum atomic E-state index is 0.381. The largest absolute Gasteiger partial charge is 0.381 e. The van der Waals surface area contributed by atoms with Gasteiger partial charge in [-0.05, 0) is 30.3 Å². The van der Waals surface area contributed by atoms with Gasteiger partial charge in [-0.1, -0.05) is 0 Å². The maximum absolute atomic E-state index is 5.22. The second-order valence-corrected chi connectivity index (χ2v) is 3.55. The summed E-state index contributed by atoms with van der Waals surface area (Å²) in [6.45, 7) is 0.709. The summed E-state index contributed by atoms with van der Waals surface area (Å²) in [5.74, 6) is 0.895. The molecule has 1 aromatic heterocycles. The molecule has 0 bridgehead atoms. The van der Waals surface area contributed by atoms with Gasteiger partial charge in [0.25, 0.3) is 0 Å². The fraction of sp³-hybridized carbons (Fsp3) is 0.875. The van der Waals surface area contributed by atoms with Crippen LogP contribution in [-0.2, 0) is 11.3 Å². The number of nitrogens with zero attached hydrogens (tertiary/aromatic N) is 4. The van der Waals surface area contributed by atoms with Gasteiger partial charge in [0.1, 0.15) is 0 Å². The molecule has 78 valence electrons. The zero-order valence-corrected chi connectivity index (χ0v) is 8.47. The number of hydrogen-bond acceptors (Lipinski definition) is 5. The summed E-state index contributed by atoms with van der Waals surface area (Å²) in [6, 6.07) is 0.415. The fourth-order valence-electron chi connectivity index (χ4n) is 1.70. The van der Waals surface area contributed by atoms with Crippen LogP contribution in [0.5, 0.6) is 0 Å². The van der Waals surface area contributed by atoms with Gasteiger partial charge in [0.05, 0.1) is 18.7 Å². The van der Waals surface area contributed by atoms with Crippen molar-refractivity contribution in [1.82, 2.24) is 25.5 Å². The van der Waals surface area contributed by atoms with E-state index in [9.17, 15) is 0 Å². The molecule has 0 aliphatic heterocycles. The zero-order chi connectivity index (χ0) is 9.97. The van der Waals surface area contributed by atoms with Gasteiger partial charge in [-0.2, -0.15) is 0 Å². The van der Waals surface area contributed by atoms with E-state index in [0.717, 1.165) is 18.7 Å². The lowest BCUT2D eigenvalue weighted by atomic mass is 9.89. The van der Waals surface area contributed by atoms with Crippen LogP contribution < -0.4 is 5.32 Å². The van der Waals surface area contributed by atoms with Crippen molar-refractivity contribution < 1.29 is 4.74 Å². The van der Waals surface area contributed by atoms with Gasteiger partial charge >= 0.3 is 0 Å². The van der Waals surface area contributed by atoms with E-state index in [2.05, 4.69) is 20.8 Å². The molecule has 6 heteroatoms. The quantitative estimate of drug-likeness (QED) is 0.720. The molecule has 1 heterocycles. The molecule has 1 aliphatic rings. The third-order valence-electron chi connectivity index (χ3n) is 2.65. The van der Waals surface area contributed by atoms with Crippen molar-refractivity contribution in [3.63, 3.8) is 0 Å². The number of nitrogens with one attached hydrogen (secondary N) is 1. The van der Waals surface area contributed by atoms with Crippen LogP contribution in [0.1, 0.15) is 24.7 Å². The standard InChI is InChI=1S/C8H15N5O/c1-9-5-8-10-11-12-13(8)6-3-7(4-6)14-2/h6-7,9H,3-5H2,1-2H3. The van der Waals surface area contributed by atoms with Crippen molar-refractivity contribution in [3.05, 3.63) is 5.82 Å². The monoisotopic (exact) mass is 197 g/mol. The molecule has 14 heavy (non-hydrogen) atoms. The molecule has 0 aromatic carbocycles. The van der Waals surface area contributed by atoms with E-state index in [4.69, 9.17) is 4.74 Å². The first-order valence-electron chi connectivity index (χ1n) is 4.79. The van der Waals surface area contributed by atoms with Crippen molar-refractivity contribution in [2.75, 3.05) is 14.2 Å². The SMILES string of the molecule is CNCc1nnnn1C1CC(OC)C1. The number of hydrogen-bond donors (Lipinski definition) is 1. The molecule has 0 spiro atoms.